The van der Waals surface area contributed by atoms with Gasteiger partial charge >= 0.3 is 0 Å². The van der Waals surface area contributed by atoms with Crippen molar-refractivity contribution in [1.82, 2.24) is 4.98 Å². The van der Waals surface area contributed by atoms with Crippen LogP contribution in [0, 0.1) is 5.41 Å². The summed E-state index contributed by atoms with van der Waals surface area (Å²) in [5.74, 6) is 0. The molecule has 0 fully saturated rings. The van der Waals surface area contributed by atoms with Gasteiger partial charge in [-0.1, -0.05) is 24.3 Å². The van der Waals surface area contributed by atoms with Crippen molar-refractivity contribution in [3.63, 3.8) is 0 Å². The molecule has 0 radical (unpaired) electrons. The topological polar surface area (TPSA) is 39.6 Å². The maximum absolute atomic E-state index is 7.86. The first-order valence-corrected chi connectivity index (χ1v) is 4.71. The number of rotatable bonds is 0. The Labute approximate surface area is 81.8 Å². The fourth-order valence-corrected chi connectivity index (χ4v) is 2.04. The number of H-pyrrole nitrogens is 1. The van der Waals surface area contributed by atoms with Crippen LogP contribution >= 0.6 is 0 Å². The van der Waals surface area contributed by atoms with Crippen molar-refractivity contribution < 1.29 is 0 Å². The van der Waals surface area contributed by atoms with E-state index in [0.717, 1.165) is 22.9 Å². The number of aromatic amines is 1. The summed E-state index contributed by atoms with van der Waals surface area (Å²) >= 11 is 0. The number of allylic oxidation sites excluding steroid dienone is 2. The number of hydrogen-bond acceptors (Lipinski definition) is 1. The Morgan fingerprint density at radius 2 is 2.07 bits per heavy atom. The average Bonchev–Trinajstić information content (AvgIpc) is 2.57. The van der Waals surface area contributed by atoms with E-state index in [1.807, 2.05) is 24.3 Å². The van der Waals surface area contributed by atoms with E-state index < -0.39 is 0 Å². The molecule has 1 aromatic carbocycles. The molecule has 2 heteroatoms. The Morgan fingerprint density at radius 1 is 1.21 bits per heavy atom. The summed E-state index contributed by atoms with van der Waals surface area (Å²) in [5.41, 5.74) is 3.98. The zero-order chi connectivity index (χ0) is 9.54. The van der Waals surface area contributed by atoms with Gasteiger partial charge in [0, 0.05) is 28.6 Å². The highest BCUT2D eigenvalue weighted by molar-refractivity contribution is 6.16. The molecule has 0 unspecified atom stereocenters. The summed E-state index contributed by atoms with van der Waals surface area (Å²) in [6.45, 7) is 0. The van der Waals surface area contributed by atoms with Gasteiger partial charge in [0.15, 0.2) is 0 Å². The van der Waals surface area contributed by atoms with Crippen molar-refractivity contribution >= 4 is 16.6 Å². The van der Waals surface area contributed by atoms with Crippen LogP contribution in [-0.4, -0.2) is 10.7 Å². The first-order valence-electron chi connectivity index (χ1n) is 4.71. The van der Waals surface area contributed by atoms with Crippen molar-refractivity contribution in [2.24, 2.45) is 0 Å². The van der Waals surface area contributed by atoms with Gasteiger partial charge in [-0.2, -0.15) is 0 Å². The molecule has 0 spiro atoms. The van der Waals surface area contributed by atoms with Crippen LogP contribution in [-0.2, 0) is 6.42 Å². The Kier molecular flexibility index (Phi) is 1.39. The standard InChI is InChI=1S/C12H10N2/c13-9-5-3-7-11-12(9)8-4-1-2-6-10(8)14-11/h1-6,13-14H,7H2. The van der Waals surface area contributed by atoms with Gasteiger partial charge in [-0.05, 0) is 12.1 Å². The largest absolute Gasteiger partial charge is 0.358 e. The third-order valence-corrected chi connectivity index (χ3v) is 2.66. The Bertz CT molecular complexity index is 546. The molecular weight excluding hydrogens is 172 g/mol. The molecule has 2 nitrogen and oxygen atoms in total. The van der Waals surface area contributed by atoms with E-state index >= 15 is 0 Å². The Balaban J connectivity index is 2.42. The van der Waals surface area contributed by atoms with Gasteiger partial charge in [0.05, 0.1) is 5.71 Å². The highest BCUT2D eigenvalue weighted by atomic mass is 14.7. The zero-order valence-electron chi connectivity index (χ0n) is 7.67. The quantitative estimate of drug-likeness (QED) is 0.628. The molecule has 1 aliphatic carbocycles. The maximum atomic E-state index is 7.86. The van der Waals surface area contributed by atoms with Crippen molar-refractivity contribution in [1.29, 1.82) is 5.41 Å². The smallest absolute Gasteiger partial charge is 0.0633 e. The number of benzene rings is 1. The van der Waals surface area contributed by atoms with Crippen LogP contribution in [0.3, 0.4) is 0 Å². The van der Waals surface area contributed by atoms with Crippen molar-refractivity contribution in [3.05, 3.63) is 47.7 Å². The number of fused-ring (bicyclic) bond motifs is 3. The summed E-state index contributed by atoms with van der Waals surface area (Å²) in [5, 5.41) is 9.03. The summed E-state index contributed by atoms with van der Waals surface area (Å²) in [6, 6.07) is 8.16. The molecule has 1 aliphatic rings. The second-order valence-corrected chi connectivity index (χ2v) is 3.54. The molecule has 0 atom stereocenters. The van der Waals surface area contributed by atoms with Crippen LogP contribution in [0.4, 0.5) is 0 Å². The molecule has 0 aliphatic heterocycles. The van der Waals surface area contributed by atoms with E-state index in [1.54, 1.807) is 0 Å². The van der Waals surface area contributed by atoms with Crippen LogP contribution in [0.1, 0.15) is 11.3 Å². The number of nitrogens with one attached hydrogen (secondary N) is 2. The Morgan fingerprint density at radius 3 is 3.00 bits per heavy atom. The molecule has 2 N–H and O–H groups in total. The molecule has 14 heavy (non-hydrogen) atoms. The lowest BCUT2D eigenvalue weighted by Gasteiger charge is -2.05. The first kappa shape index (κ1) is 7.56. The summed E-state index contributed by atoms with van der Waals surface area (Å²) in [4.78, 5) is 3.35. The molecule has 1 aromatic heterocycles. The molecule has 0 saturated carbocycles. The molecule has 3 rings (SSSR count). The monoisotopic (exact) mass is 182 g/mol. The van der Waals surface area contributed by atoms with Gasteiger partial charge in [-0.25, -0.2) is 0 Å². The second kappa shape index (κ2) is 2.58. The maximum Gasteiger partial charge on any atom is 0.0633 e. The molecule has 0 amide bonds. The van der Waals surface area contributed by atoms with Gasteiger partial charge in [-0.3, -0.25) is 0 Å². The molecule has 2 aromatic rings. The minimum atomic E-state index is 0.615. The lowest BCUT2D eigenvalue weighted by molar-refractivity contribution is 1.15. The van der Waals surface area contributed by atoms with Crippen molar-refractivity contribution in [2.75, 3.05) is 0 Å². The van der Waals surface area contributed by atoms with Gasteiger partial charge in [0.2, 0.25) is 0 Å². The Hall–Kier alpha value is -1.83. The fourth-order valence-electron chi connectivity index (χ4n) is 2.04. The highest BCUT2D eigenvalue weighted by Gasteiger charge is 2.15. The normalized spacial score (nSPS) is 14.7. The van der Waals surface area contributed by atoms with Gasteiger partial charge in [-0.15, -0.1) is 0 Å². The predicted octanol–water partition coefficient (Wildman–Crippen LogP) is 2.65. The van der Waals surface area contributed by atoms with Crippen LogP contribution in [0.25, 0.3) is 10.9 Å². The third-order valence-electron chi connectivity index (χ3n) is 2.66. The first-order chi connectivity index (χ1) is 6.86. The van der Waals surface area contributed by atoms with E-state index in [9.17, 15) is 0 Å². The van der Waals surface area contributed by atoms with Crippen LogP contribution in [0.5, 0.6) is 0 Å². The van der Waals surface area contributed by atoms with Crippen molar-refractivity contribution in [2.45, 2.75) is 6.42 Å². The van der Waals surface area contributed by atoms with E-state index in [-0.39, 0.29) is 0 Å². The SMILES string of the molecule is N=C1C=CCc2[nH]c3ccccc3c21. The third kappa shape index (κ3) is 0.880. The minimum Gasteiger partial charge on any atom is -0.358 e. The van der Waals surface area contributed by atoms with E-state index in [1.165, 1.54) is 5.69 Å². The van der Waals surface area contributed by atoms with Gasteiger partial charge in [0.25, 0.3) is 0 Å². The van der Waals surface area contributed by atoms with Crippen LogP contribution in [0.2, 0.25) is 0 Å². The lowest BCUT2D eigenvalue weighted by atomic mass is 9.99. The average molecular weight is 182 g/mol. The molecule has 68 valence electrons. The van der Waals surface area contributed by atoms with E-state index in [0.29, 0.717) is 5.71 Å². The van der Waals surface area contributed by atoms with Crippen LogP contribution in [0.15, 0.2) is 36.4 Å². The van der Waals surface area contributed by atoms with Gasteiger partial charge in [0.1, 0.15) is 0 Å². The minimum absolute atomic E-state index is 0.615. The summed E-state index contributed by atoms with van der Waals surface area (Å²) in [7, 11) is 0. The highest BCUT2D eigenvalue weighted by Crippen LogP contribution is 2.25. The molecule has 0 bridgehead atoms. The summed E-state index contributed by atoms with van der Waals surface area (Å²) < 4.78 is 0. The molecule has 0 saturated heterocycles. The molecular formula is C12H10N2. The number of para-hydroxylation sites is 1. The number of aromatic nitrogens is 1. The second-order valence-electron chi connectivity index (χ2n) is 3.54. The van der Waals surface area contributed by atoms with E-state index in [4.69, 9.17) is 5.41 Å². The number of hydrogen-bond donors (Lipinski definition) is 2. The predicted molar refractivity (Wildman–Crippen MR) is 58.0 cm³/mol. The van der Waals surface area contributed by atoms with Gasteiger partial charge < -0.3 is 10.4 Å². The zero-order valence-corrected chi connectivity index (χ0v) is 7.67. The van der Waals surface area contributed by atoms with Crippen LogP contribution < -0.4 is 0 Å². The summed E-state index contributed by atoms with van der Waals surface area (Å²) in [6.07, 6.45) is 4.81. The fraction of sp³-hybridized carbons (Fsp3) is 0.0833. The van der Waals surface area contributed by atoms with Crippen molar-refractivity contribution in [3.8, 4) is 0 Å². The van der Waals surface area contributed by atoms with E-state index in [2.05, 4.69) is 17.1 Å². The lowest BCUT2D eigenvalue weighted by Crippen LogP contribution is -2.03. The molecule has 1 heterocycles.